The minimum absolute atomic E-state index is 0.194. The van der Waals surface area contributed by atoms with Crippen molar-refractivity contribution in [2.24, 2.45) is 0 Å². The molecule has 0 saturated carbocycles. The zero-order valence-corrected chi connectivity index (χ0v) is 15.9. The molecule has 0 radical (unpaired) electrons. The van der Waals surface area contributed by atoms with Gasteiger partial charge in [-0.15, -0.1) is 0 Å². The highest BCUT2D eigenvalue weighted by Crippen LogP contribution is 2.26. The van der Waals surface area contributed by atoms with E-state index in [2.05, 4.69) is 4.72 Å². The lowest BCUT2D eigenvalue weighted by atomic mass is 9.99. The Morgan fingerprint density at radius 2 is 1.90 bits per heavy atom. The van der Waals surface area contributed by atoms with Crippen LogP contribution in [0.3, 0.4) is 0 Å². The molecule has 1 aliphatic heterocycles. The number of nitrogens with one attached hydrogen (secondary N) is 1. The van der Waals surface area contributed by atoms with Gasteiger partial charge in [-0.1, -0.05) is 6.07 Å². The van der Waals surface area contributed by atoms with Gasteiger partial charge in [-0.25, -0.2) is 17.2 Å². The van der Waals surface area contributed by atoms with Gasteiger partial charge in [-0.3, -0.25) is 9.52 Å². The number of hydrogen-bond donors (Lipinski definition) is 1. The van der Waals surface area contributed by atoms with E-state index in [0.717, 1.165) is 23.3 Å². The molecule has 0 fully saturated rings. The Hall–Kier alpha value is -3.20. The summed E-state index contributed by atoms with van der Waals surface area (Å²) < 4.78 is 59.6. The largest absolute Gasteiger partial charge is 0.459 e. The Labute approximate surface area is 165 Å². The molecule has 1 aliphatic rings. The van der Waals surface area contributed by atoms with E-state index in [1.54, 1.807) is 35.2 Å². The van der Waals surface area contributed by atoms with Gasteiger partial charge in [0.15, 0.2) is 5.76 Å². The Morgan fingerprint density at radius 3 is 2.66 bits per heavy atom. The first kappa shape index (κ1) is 19.1. The zero-order chi connectivity index (χ0) is 20.6. The van der Waals surface area contributed by atoms with Crippen molar-refractivity contribution in [1.82, 2.24) is 4.90 Å². The number of halogens is 2. The quantitative estimate of drug-likeness (QED) is 0.703. The summed E-state index contributed by atoms with van der Waals surface area (Å²) in [6, 6.07) is 10.3. The average molecular weight is 418 g/mol. The van der Waals surface area contributed by atoms with Gasteiger partial charge in [0.1, 0.15) is 16.5 Å². The van der Waals surface area contributed by atoms with Crippen LogP contribution in [-0.4, -0.2) is 25.8 Å². The van der Waals surface area contributed by atoms with Crippen LogP contribution in [0.5, 0.6) is 0 Å². The molecule has 6 nitrogen and oxygen atoms in total. The summed E-state index contributed by atoms with van der Waals surface area (Å²) in [5.41, 5.74) is 1.93. The molecule has 0 spiro atoms. The monoisotopic (exact) mass is 418 g/mol. The number of hydrogen-bond acceptors (Lipinski definition) is 4. The maximum atomic E-state index is 13.9. The van der Waals surface area contributed by atoms with Crippen LogP contribution in [0.2, 0.25) is 0 Å². The summed E-state index contributed by atoms with van der Waals surface area (Å²) in [7, 11) is -4.32. The van der Waals surface area contributed by atoms with Crippen molar-refractivity contribution in [3.8, 4) is 0 Å². The van der Waals surface area contributed by atoms with Gasteiger partial charge in [0.2, 0.25) is 0 Å². The molecule has 3 aromatic rings. The highest BCUT2D eigenvalue weighted by molar-refractivity contribution is 7.92. The van der Waals surface area contributed by atoms with Crippen LogP contribution in [0.4, 0.5) is 14.5 Å². The second kappa shape index (κ2) is 7.32. The van der Waals surface area contributed by atoms with Gasteiger partial charge in [-0.05, 0) is 60.0 Å². The molecule has 0 atom stereocenters. The third kappa shape index (κ3) is 3.86. The first-order valence-corrected chi connectivity index (χ1v) is 10.2. The number of nitrogens with zero attached hydrogens (tertiary/aromatic N) is 1. The number of furan rings is 1. The number of rotatable bonds is 4. The first-order valence-electron chi connectivity index (χ1n) is 8.76. The Morgan fingerprint density at radius 1 is 1.07 bits per heavy atom. The van der Waals surface area contributed by atoms with E-state index in [-0.39, 0.29) is 23.9 Å². The fourth-order valence-electron chi connectivity index (χ4n) is 3.24. The van der Waals surface area contributed by atoms with Crippen LogP contribution in [0.15, 0.2) is 64.1 Å². The molecule has 1 aromatic heterocycles. The summed E-state index contributed by atoms with van der Waals surface area (Å²) in [6.45, 7) is 0.783. The molecule has 1 amide bonds. The van der Waals surface area contributed by atoms with Crippen LogP contribution in [-0.2, 0) is 23.0 Å². The number of fused-ring (bicyclic) bond motifs is 1. The van der Waals surface area contributed by atoms with E-state index >= 15 is 0 Å². The van der Waals surface area contributed by atoms with Crippen molar-refractivity contribution >= 4 is 21.6 Å². The van der Waals surface area contributed by atoms with Crippen molar-refractivity contribution < 1.29 is 26.4 Å². The van der Waals surface area contributed by atoms with Crippen LogP contribution in [0, 0.1) is 11.6 Å². The van der Waals surface area contributed by atoms with Crippen LogP contribution < -0.4 is 4.72 Å². The second-order valence-electron chi connectivity index (χ2n) is 6.62. The number of amides is 1. The number of sulfonamides is 1. The lowest BCUT2D eigenvalue weighted by molar-refractivity contribution is 0.0702. The van der Waals surface area contributed by atoms with Gasteiger partial charge < -0.3 is 9.32 Å². The standard InChI is InChI=1S/C20H16F2N2O4S/c21-15-4-6-17(22)19(11-15)29(26,27)23-16-5-3-13-7-8-24(12-14(13)10-16)20(25)18-2-1-9-28-18/h1-6,9-11,23H,7-8,12H2. The third-order valence-corrected chi connectivity index (χ3v) is 6.07. The van der Waals surface area contributed by atoms with Gasteiger partial charge in [0.05, 0.1) is 6.26 Å². The van der Waals surface area contributed by atoms with E-state index in [1.807, 2.05) is 0 Å². The van der Waals surface area contributed by atoms with Crippen LogP contribution >= 0.6 is 0 Å². The molecule has 9 heteroatoms. The fraction of sp³-hybridized carbons (Fsp3) is 0.150. The van der Waals surface area contributed by atoms with Crippen LogP contribution in [0.25, 0.3) is 0 Å². The molecule has 0 unspecified atom stereocenters. The molecule has 29 heavy (non-hydrogen) atoms. The van der Waals surface area contributed by atoms with Crippen molar-refractivity contribution in [3.05, 3.63) is 83.3 Å². The van der Waals surface area contributed by atoms with Gasteiger partial charge in [0.25, 0.3) is 15.9 Å². The predicted molar refractivity (Wildman–Crippen MR) is 101 cm³/mol. The Bertz CT molecular complexity index is 1180. The number of carbonyl (C=O) groups is 1. The maximum Gasteiger partial charge on any atom is 0.289 e. The van der Waals surface area contributed by atoms with E-state index in [0.29, 0.717) is 19.0 Å². The topological polar surface area (TPSA) is 79.6 Å². The molecule has 2 heterocycles. The molecule has 0 saturated heterocycles. The summed E-state index contributed by atoms with van der Waals surface area (Å²) >= 11 is 0. The van der Waals surface area contributed by atoms with Crippen LogP contribution in [0.1, 0.15) is 21.7 Å². The molecule has 4 rings (SSSR count). The first-order chi connectivity index (χ1) is 13.8. The fourth-order valence-corrected chi connectivity index (χ4v) is 4.38. The number of benzene rings is 2. The minimum Gasteiger partial charge on any atom is -0.459 e. The summed E-state index contributed by atoms with van der Waals surface area (Å²) in [6.07, 6.45) is 2.02. The van der Waals surface area contributed by atoms with E-state index in [9.17, 15) is 22.0 Å². The molecular formula is C20H16F2N2O4S. The van der Waals surface area contributed by atoms with Crippen molar-refractivity contribution in [3.63, 3.8) is 0 Å². The second-order valence-corrected chi connectivity index (χ2v) is 8.27. The lowest BCUT2D eigenvalue weighted by Crippen LogP contribution is -2.35. The SMILES string of the molecule is O=C(c1ccco1)N1CCc2ccc(NS(=O)(=O)c3cc(F)ccc3F)cc2C1. The van der Waals surface area contributed by atoms with Crippen molar-refractivity contribution in [2.45, 2.75) is 17.9 Å². The third-order valence-electron chi connectivity index (χ3n) is 4.67. The summed E-state index contributed by atoms with van der Waals surface area (Å²) in [4.78, 5) is 13.3. The molecular weight excluding hydrogens is 402 g/mol. The number of carbonyl (C=O) groups excluding carboxylic acids is 1. The van der Waals surface area contributed by atoms with E-state index in [4.69, 9.17) is 4.42 Å². The number of anilines is 1. The molecule has 150 valence electrons. The normalized spacial score (nSPS) is 13.8. The molecule has 0 bridgehead atoms. The molecule has 2 aromatic carbocycles. The average Bonchev–Trinajstić information content (AvgIpc) is 3.23. The van der Waals surface area contributed by atoms with Crippen molar-refractivity contribution in [2.75, 3.05) is 11.3 Å². The highest BCUT2D eigenvalue weighted by atomic mass is 32.2. The Kier molecular flexibility index (Phi) is 4.83. The Balaban J connectivity index is 1.58. The molecule has 1 N–H and O–H groups in total. The maximum absolute atomic E-state index is 13.9. The van der Waals surface area contributed by atoms with Crippen molar-refractivity contribution in [1.29, 1.82) is 0 Å². The smallest absolute Gasteiger partial charge is 0.289 e. The summed E-state index contributed by atoms with van der Waals surface area (Å²) in [5, 5.41) is 0. The van der Waals surface area contributed by atoms with Gasteiger partial charge in [0, 0.05) is 18.8 Å². The lowest BCUT2D eigenvalue weighted by Gasteiger charge is -2.28. The predicted octanol–water partition coefficient (Wildman–Crippen LogP) is 3.56. The van der Waals surface area contributed by atoms with E-state index < -0.39 is 26.6 Å². The van der Waals surface area contributed by atoms with Gasteiger partial charge in [-0.2, -0.15) is 0 Å². The van der Waals surface area contributed by atoms with Gasteiger partial charge >= 0.3 is 0 Å². The molecule has 0 aliphatic carbocycles. The highest BCUT2D eigenvalue weighted by Gasteiger charge is 2.25. The minimum atomic E-state index is -4.32. The van der Waals surface area contributed by atoms with E-state index in [1.165, 1.54) is 6.26 Å². The zero-order valence-electron chi connectivity index (χ0n) is 15.1. The summed E-state index contributed by atoms with van der Waals surface area (Å²) in [5.74, 6) is -1.93.